The van der Waals surface area contributed by atoms with Gasteiger partial charge in [-0.15, -0.1) is 0 Å². The first-order valence-corrected chi connectivity index (χ1v) is 5.84. The molecule has 0 amide bonds. The van der Waals surface area contributed by atoms with Crippen molar-refractivity contribution in [2.24, 2.45) is 0 Å². The van der Waals surface area contributed by atoms with E-state index >= 15 is 0 Å². The summed E-state index contributed by atoms with van der Waals surface area (Å²) in [7, 11) is 0. The molecule has 0 aromatic carbocycles. The van der Waals surface area contributed by atoms with E-state index in [1.165, 1.54) is 0 Å². The molecule has 0 aliphatic rings. The minimum absolute atomic E-state index is 0.0172. The second-order valence-electron chi connectivity index (χ2n) is 4.12. The highest BCUT2D eigenvalue weighted by Crippen LogP contribution is 2.20. The standard InChI is InChI=1S/C13H17N3O/c1-3-10(8-17)13-15-9(2)7-12(16-13)11-5-4-6-14-11/h4-7,10,14,17H,3,8H2,1-2H3. The number of hydrogen-bond acceptors (Lipinski definition) is 3. The summed E-state index contributed by atoms with van der Waals surface area (Å²) in [5, 5.41) is 9.30. The van der Waals surface area contributed by atoms with Crippen molar-refractivity contribution in [1.29, 1.82) is 0 Å². The number of aromatic amines is 1. The summed E-state index contributed by atoms with van der Waals surface area (Å²) in [6, 6.07) is 5.86. The summed E-state index contributed by atoms with van der Waals surface area (Å²) in [5.41, 5.74) is 2.78. The maximum Gasteiger partial charge on any atom is 0.134 e. The molecule has 4 heteroatoms. The summed E-state index contributed by atoms with van der Waals surface area (Å²) < 4.78 is 0. The lowest BCUT2D eigenvalue weighted by molar-refractivity contribution is 0.257. The molecule has 0 aliphatic heterocycles. The van der Waals surface area contributed by atoms with Crippen LogP contribution in [0.15, 0.2) is 24.4 Å². The van der Waals surface area contributed by atoms with Gasteiger partial charge in [0.15, 0.2) is 0 Å². The molecule has 17 heavy (non-hydrogen) atoms. The van der Waals surface area contributed by atoms with Gasteiger partial charge >= 0.3 is 0 Å². The molecule has 2 rings (SSSR count). The van der Waals surface area contributed by atoms with Gasteiger partial charge in [-0.2, -0.15) is 0 Å². The summed E-state index contributed by atoms with van der Waals surface area (Å²) in [4.78, 5) is 12.0. The summed E-state index contributed by atoms with van der Waals surface area (Å²) in [6.07, 6.45) is 2.71. The van der Waals surface area contributed by atoms with Crippen molar-refractivity contribution >= 4 is 0 Å². The second kappa shape index (κ2) is 5.10. The SMILES string of the molecule is CCC(CO)c1nc(C)cc(-c2ccc[nH]2)n1. The molecule has 1 atom stereocenters. The predicted molar refractivity (Wildman–Crippen MR) is 66.7 cm³/mol. The van der Waals surface area contributed by atoms with Gasteiger partial charge in [-0.25, -0.2) is 9.97 Å². The topological polar surface area (TPSA) is 61.8 Å². The van der Waals surface area contributed by atoms with Gasteiger partial charge in [0.2, 0.25) is 0 Å². The quantitative estimate of drug-likeness (QED) is 0.848. The molecule has 2 heterocycles. The molecule has 0 saturated carbocycles. The average Bonchev–Trinajstić information content (AvgIpc) is 2.83. The van der Waals surface area contributed by atoms with Crippen LogP contribution in [0.3, 0.4) is 0 Å². The van der Waals surface area contributed by atoms with E-state index in [9.17, 15) is 5.11 Å². The molecule has 0 aliphatic carbocycles. The molecule has 1 unspecified atom stereocenters. The first kappa shape index (κ1) is 11.8. The number of aliphatic hydroxyl groups excluding tert-OH is 1. The zero-order chi connectivity index (χ0) is 12.3. The van der Waals surface area contributed by atoms with Gasteiger partial charge in [-0.1, -0.05) is 6.92 Å². The van der Waals surface area contributed by atoms with Crippen LogP contribution in [0.2, 0.25) is 0 Å². The molecule has 0 bridgehead atoms. The largest absolute Gasteiger partial charge is 0.396 e. The van der Waals surface area contributed by atoms with Crippen LogP contribution < -0.4 is 0 Å². The summed E-state index contributed by atoms with van der Waals surface area (Å²) in [6.45, 7) is 4.06. The maximum absolute atomic E-state index is 9.30. The van der Waals surface area contributed by atoms with Crippen LogP contribution in [0.1, 0.15) is 30.8 Å². The van der Waals surface area contributed by atoms with Crippen molar-refractivity contribution in [2.45, 2.75) is 26.2 Å². The predicted octanol–water partition coefficient (Wildman–Crippen LogP) is 2.27. The lowest BCUT2D eigenvalue weighted by Crippen LogP contribution is -2.09. The first-order valence-electron chi connectivity index (χ1n) is 5.84. The van der Waals surface area contributed by atoms with Gasteiger partial charge in [-0.05, 0) is 31.5 Å². The number of H-pyrrole nitrogens is 1. The van der Waals surface area contributed by atoms with E-state index in [0.29, 0.717) is 0 Å². The first-order chi connectivity index (χ1) is 8.24. The molecule has 0 saturated heterocycles. The van der Waals surface area contributed by atoms with Gasteiger partial charge in [0.05, 0.1) is 18.0 Å². The van der Waals surface area contributed by atoms with Gasteiger partial charge in [0.25, 0.3) is 0 Å². The van der Waals surface area contributed by atoms with Crippen LogP contribution in [0.25, 0.3) is 11.4 Å². The van der Waals surface area contributed by atoms with E-state index < -0.39 is 0 Å². The van der Waals surface area contributed by atoms with Gasteiger partial charge in [-0.3, -0.25) is 0 Å². The van der Waals surface area contributed by atoms with Crippen molar-refractivity contribution in [2.75, 3.05) is 6.61 Å². The molecule has 0 spiro atoms. The molecule has 2 N–H and O–H groups in total. The monoisotopic (exact) mass is 231 g/mol. The van der Waals surface area contributed by atoms with Crippen LogP contribution in [0, 0.1) is 6.92 Å². The van der Waals surface area contributed by atoms with Gasteiger partial charge in [0, 0.05) is 17.8 Å². The lowest BCUT2D eigenvalue weighted by Gasteiger charge is -2.11. The molecule has 90 valence electrons. The zero-order valence-electron chi connectivity index (χ0n) is 10.1. The fourth-order valence-corrected chi connectivity index (χ4v) is 1.80. The Morgan fingerprint density at radius 3 is 2.82 bits per heavy atom. The molecule has 0 fully saturated rings. The number of nitrogens with zero attached hydrogens (tertiary/aromatic N) is 2. The number of hydrogen-bond donors (Lipinski definition) is 2. The van der Waals surface area contributed by atoms with Crippen LogP contribution >= 0.6 is 0 Å². The third-order valence-electron chi connectivity index (χ3n) is 2.82. The van der Waals surface area contributed by atoms with E-state index in [-0.39, 0.29) is 12.5 Å². The number of rotatable bonds is 4. The van der Waals surface area contributed by atoms with Crippen LogP contribution in [-0.4, -0.2) is 26.7 Å². The highest BCUT2D eigenvalue weighted by Gasteiger charge is 2.13. The van der Waals surface area contributed by atoms with Gasteiger partial charge in [0.1, 0.15) is 5.82 Å². The molecule has 2 aromatic heterocycles. The Hall–Kier alpha value is -1.68. The minimum atomic E-state index is 0.0172. The third kappa shape index (κ3) is 2.53. The lowest BCUT2D eigenvalue weighted by atomic mass is 10.1. The summed E-state index contributed by atoms with van der Waals surface area (Å²) in [5.74, 6) is 0.739. The Balaban J connectivity index is 2.42. The van der Waals surface area contributed by atoms with Crippen molar-refractivity contribution in [3.63, 3.8) is 0 Å². The summed E-state index contributed by atoms with van der Waals surface area (Å²) >= 11 is 0. The Labute approximate surface area is 101 Å². The Morgan fingerprint density at radius 1 is 1.41 bits per heavy atom. The van der Waals surface area contributed by atoms with E-state index in [0.717, 1.165) is 29.3 Å². The zero-order valence-corrected chi connectivity index (χ0v) is 10.1. The van der Waals surface area contributed by atoms with Crippen molar-refractivity contribution in [3.05, 3.63) is 35.9 Å². The molecule has 0 radical (unpaired) electrons. The number of aromatic nitrogens is 3. The van der Waals surface area contributed by atoms with Crippen LogP contribution in [0.4, 0.5) is 0 Å². The maximum atomic E-state index is 9.30. The highest BCUT2D eigenvalue weighted by molar-refractivity contribution is 5.54. The van der Waals surface area contributed by atoms with E-state index in [1.807, 2.05) is 38.2 Å². The Kier molecular flexibility index (Phi) is 3.54. The Bertz CT molecular complexity index is 475. The van der Waals surface area contributed by atoms with Crippen molar-refractivity contribution in [3.8, 4) is 11.4 Å². The third-order valence-corrected chi connectivity index (χ3v) is 2.82. The van der Waals surface area contributed by atoms with E-state index in [1.54, 1.807) is 0 Å². The molecular weight excluding hydrogens is 214 g/mol. The van der Waals surface area contributed by atoms with E-state index in [4.69, 9.17) is 0 Å². The smallest absolute Gasteiger partial charge is 0.134 e. The molecule has 4 nitrogen and oxygen atoms in total. The van der Waals surface area contributed by atoms with Gasteiger partial charge < -0.3 is 10.1 Å². The number of aryl methyl sites for hydroxylation is 1. The van der Waals surface area contributed by atoms with Crippen LogP contribution in [0.5, 0.6) is 0 Å². The Morgan fingerprint density at radius 2 is 2.24 bits per heavy atom. The molecule has 2 aromatic rings. The number of nitrogens with one attached hydrogen (secondary N) is 1. The fourth-order valence-electron chi connectivity index (χ4n) is 1.80. The number of aliphatic hydroxyl groups is 1. The van der Waals surface area contributed by atoms with E-state index in [2.05, 4.69) is 15.0 Å². The fraction of sp³-hybridized carbons (Fsp3) is 0.385. The molecular formula is C13H17N3O. The second-order valence-corrected chi connectivity index (χ2v) is 4.12. The minimum Gasteiger partial charge on any atom is -0.396 e. The van der Waals surface area contributed by atoms with Crippen molar-refractivity contribution < 1.29 is 5.11 Å². The normalized spacial score (nSPS) is 12.6. The highest BCUT2D eigenvalue weighted by atomic mass is 16.3. The van der Waals surface area contributed by atoms with Crippen LogP contribution in [-0.2, 0) is 0 Å². The average molecular weight is 231 g/mol. The van der Waals surface area contributed by atoms with Crippen molar-refractivity contribution in [1.82, 2.24) is 15.0 Å².